The number of hydrogen-bond acceptors (Lipinski definition) is 5. The van der Waals surface area contributed by atoms with Crippen molar-refractivity contribution in [2.75, 3.05) is 6.61 Å². The summed E-state index contributed by atoms with van der Waals surface area (Å²) >= 11 is 13.8. The summed E-state index contributed by atoms with van der Waals surface area (Å²) in [6.45, 7) is 1.87. The summed E-state index contributed by atoms with van der Waals surface area (Å²) in [5.41, 5.74) is 5.35. The zero-order valence-corrected chi connectivity index (χ0v) is 22.8. The van der Waals surface area contributed by atoms with Gasteiger partial charge in [0.1, 0.15) is 0 Å². The summed E-state index contributed by atoms with van der Waals surface area (Å²) in [6.07, 6.45) is 4.00. The molecule has 6 nitrogen and oxygen atoms in total. The number of carbonyl (C=O) groups excluding carboxylic acids is 1. The van der Waals surface area contributed by atoms with E-state index in [1.807, 2.05) is 61.5 Å². The number of aromatic nitrogens is 3. The molecule has 2 aromatic carbocycles. The van der Waals surface area contributed by atoms with Gasteiger partial charge >= 0.3 is 0 Å². The summed E-state index contributed by atoms with van der Waals surface area (Å²) in [5, 5.41) is 18.5. The number of amides is 1. The minimum Gasteiger partial charge on any atom is -0.394 e. The number of hydrogen-bond donors (Lipinski definition) is 2. The van der Waals surface area contributed by atoms with Gasteiger partial charge in [-0.2, -0.15) is 5.10 Å². The van der Waals surface area contributed by atoms with Gasteiger partial charge < -0.3 is 10.4 Å². The van der Waals surface area contributed by atoms with E-state index in [4.69, 9.17) is 28.3 Å². The lowest BCUT2D eigenvalue weighted by Crippen LogP contribution is -2.38. The number of nitrogens with one attached hydrogen (secondary N) is 1. The number of rotatable bonds is 8. The van der Waals surface area contributed by atoms with Gasteiger partial charge in [0.15, 0.2) is 0 Å². The van der Waals surface area contributed by atoms with Gasteiger partial charge in [0, 0.05) is 18.0 Å². The standard InChI is InChI=1S/C29H24Cl2N4O2S/c1-18-4-6-19(7-5-18)13-21(17-36)33-29(37)28-11-10-27(38-28)26-15-25(20-3-2-12-32-16-20)34-35(26)22-8-9-23(30)24(31)14-22/h2-12,14-16,21,36H,13,17H2,1H3,(H,33,37)/t21-/m0/s1. The number of thiophene rings is 1. The smallest absolute Gasteiger partial charge is 0.261 e. The van der Waals surface area contributed by atoms with Crippen molar-refractivity contribution in [2.45, 2.75) is 19.4 Å². The van der Waals surface area contributed by atoms with E-state index < -0.39 is 6.04 Å². The van der Waals surface area contributed by atoms with Crippen molar-refractivity contribution >= 4 is 40.4 Å². The number of benzene rings is 2. The van der Waals surface area contributed by atoms with Crippen LogP contribution in [0, 0.1) is 6.92 Å². The van der Waals surface area contributed by atoms with Crippen LogP contribution in [0.4, 0.5) is 0 Å². The quantitative estimate of drug-likeness (QED) is 0.223. The highest BCUT2D eigenvalue weighted by Gasteiger charge is 2.19. The topological polar surface area (TPSA) is 80.0 Å². The Hall–Kier alpha value is -3.49. The Morgan fingerprint density at radius 3 is 2.58 bits per heavy atom. The van der Waals surface area contributed by atoms with Gasteiger partial charge in [-0.15, -0.1) is 11.3 Å². The maximum absolute atomic E-state index is 13.1. The Labute approximate surface area is 234 Å². The Kier molecular flexibility index (Phi) is 7.90. The van der Waals surface area contributed by atoms with Crippen molar-refractivity contribution in [2.24, 2.45) is 0 Å². The summed E-state index contributed by atoms with van der Waals surface area (Å²) in [7, 11) is 0. The highest BCUT2D eigenvalue weighted by molar-refractivity contribution is 7.17. The molecule has 3 aromatic heterocycles. The third-order valence-electron chi connectivity index (χ3n) is 6.05. The van der Waals surface area contributed by atoms with Crippen molar-refractivity contribution in [3.05, 3.63) is 111 Å². The zero-order chi connectivity index (χ0) is 26.6. The van der Waals surface area contributed by atoms with Gasteiger partial charge in [-0.1, -0.05) is 53.0 Å². The van der Waals surface area contributed by atoms with Gasteiger partial charge in [0.2, 0.25) is 0 Å². The van der Waals surface area contributed by atoms with Crippen molar-refractivity contribution in [1.29, 1.82) is 0 Å². The lowest BCUT2D eigenvalue weighted by molar-refractivity contribution is 0.0920. The van der Waals surface area contributed by atoms with Crippen LogP contribution in [0.3, 0.4) is 0 Å². The van der Waals surface area contributed by atoms with Gasteiger partial charge in [-0.25, -0.2) is 4.68 Å². The molecule has 0 aliphatic rings. The molecule has 0 aliphatic heterocycles. The molecule has 0 aliphatic carbocycles. The van der Waals surface area contributed by atoms with Gasteiger partial charge in [-0.3, -0.25) is 9.78 Å². The SMILES string of the molecule is Cc1ccc(C[C@@H](CO)NC(=O)c2ccc(-c3cc(-c4cccnc4)nn3-c3ccc(Cl)c(Cl)c3)s2)cc1. The Morgan fingerprint density at radius 1 is 1.05 bits per heavy atom. The fraction of sp³-hybridized carbons (Fsp3) is 0.138. The van der Waals surface area contributed by atoms with Crippen molar-refractivity contribution in [3.63, 3.8) is 0 Å². The number of nitrogens with zero attached hydrogens (tertiary/aromatic N) is 3. The molecule has 0 spiro atoms. The van der Waals surface area contributed by atoms with E-state index >= 15 is 0 Å². The predicted octanol–water partition coefficient (Wildman–Crippen LogP) is 6.61. The number of carbonyl (C=O) groups is 1. The minimum absolute atomic E-state index is 0.156. The molecular weight excluding hydrogens is 539 g/mol. The molecule has 38 heavy (non-hydrogen) atoms. The van der Waals surface area contributed by atoms with Gasteiger partial charge in [-0.05, 0) is 67.4 Å². The second kappa shape index (κ2) is 11.5. The van der Waals surface area contributed by atoms with Crippen LogP contribution in [-0.4, -0.2) is 38.4 Å². The second-order valence-corrected chi connectivity index (χ2v) is 10.8. The Morgan fingerprint density at radius 2 is 1.87 bits per heavy atom. The fourth-order valence-corrected chi connectivity index (χ4v) is 5.25. The van der Waals surface area contributed by atoms with E-state index in [0.29, 0.717) is 21.3 Å². The van der Waals surface area contributed by atoms with E-state index in [1.54, 1.807) is 35.3 Å². The maximum Gasteiger partial charge on any atom is 0.261 e. The van der Waals surface area contributed by atoms with E-state index in [2.05, 4.69) is 10.3 Å². The van der Waals surface area contributed by atoms with Gasteiger partial charge in [0.05, 0.1) is 49.5 Å². The molecule has 0 saturated carbocycles. The number of aryl methyl sites for hydroxylation is 1. The summed E-state index contributed by atoms with van der Waals surface area (Å²) in [6, 6.07) is 22.4. The highest BCUT2D eigenvalue weighted by atomic mass is 35.5. The molecule has 192 valence electrons. The Bertz CT molecular complexity index is 1570. The largest absolute Gasteiger partial charge is 0.394 e. The molecule has 0 fully saturated rings. The van der Waals surface area contributed by atoms with Crippen LogP contribution in [0.1, 0.15) is 20.8 Å². The van der Waals surface area contributed by atoms with E-state index in [1.165, 1.54) is 11.3 Å². The molecule has 5 aromatic rings. The minimum atomic E-state index is -0.394. The van der Waals surface area contributed by atoms with Gasteiger partial charge in [0.25, 0.3) is 5.91 Å². The molecule has 0 radical (unpaired) electrons. The third-order valence-corrected chi connectivity index (χ3v) is 7.90. The molecule has 0 saturated heterocycles. The summed E-state index contributed by atoms with van der Waals surface area (Å²) in [5.74, 6) is -0.236. The molecule has 1 atom stereocenters. The van der Waals surface area contributed by atoms with Crippen LogP contribution in [-0.2, 0) is 6.42 Å². The average Bonchev–Trinajstić information content (AvgIpc) is 3.60. The maximum atomic E-state index is 13.1. The van der Waals surface area contributed by atoms with Crippen molar-refractivity contribution < 1.29 is 9.90 Å². The lowest BCUT2D eigenvalue weighted by Gasteiger charge is -2.16. The monoisotopic (exact) mass is 562 g/mol. The number of aliphatic hydroxyl groups excluding tert-OH is 1. The number of aliphatic hydroxyl groups is 1. The molecular formula is C29H24Cl2N4O2S. The first-order valence-electron chi connectivity index (χ1n) is 11.9. The third kappa shape index (κ3) is 5.81. The predicted molar refractivity (Wildman–Crippen MR) is 153 cm³/mol. The Balaban J connectivity index is 1.43. The normalized spacial score (nSPS) is 11.9. The summed E-state index contributed by atoms with van der Waals surface area (Å²) in [4.78, 5) is 18.7. The molecule has 3 heterocycles. The fourth-order valence-electron chi connectivity index (χ4n) is 4.05. The second-order valence-electron chi connectivity index (χ2n) is 8.87. The van der Waals surface area contributed by atoms with E-state index in [9.17, 15) is 9.90 Å². The first-order valence-corrected chi connectivity index (χ1v) is 13.5. The molecule has 5 rings (SSSR count). The molecule has 2 N–H and O–H groups in total. The number of halogens is 2. The number of pyridine rings is 1. The first-order chi connectivity index (χ1) is 18.4. The van der Waals surface area contributed by atoms with Crippen molar-refractivity contribution in [3.8, 4) is 27.5 Å². The van der Waals surface area contributed by atoms with Crippen LogP contribution in [0.2, 0.25) is 10.0 Å². The lowest BCUT2D eigenvalue weighted by atomic mass is 10.0. The molecule has 9 heteroatoms. The molecule has 0 bridgehead atoms. The highest BCUT2D eigenvalue weighted by Crippen LogP contribution is 2.34. The average molecular weight is 564 g/mol. The van der Waals surface area contributed by atoms with Crippen LogP contribution in [0.25, 0.3) is 27.5 Å². The molecule has 1 amide bonds. The van der Waals surface area contributed by atoms with E-state index in [-0.39, 0.29) is 12.5 Å². The van der Waals surface area contributed by atoms with Crippen LogP contribution in [0.5, 0.6) is 0 Å². The zero-order valence-electron chi connectivity index (χ0n) is 20.4. The molecule has 0 unspecified atom stereocenters. The van der Waals surface area contributed by atoms with Crippen LogP contribution in [0.15, 0.2) is 85.2 Å². The van der Waals surface area contributed by atoms with Crippen LogP contribution < -0.4 is 5.32 Å². The first kappa shape index (κ1) is 26.1. The van der Waals surface area contributed by atoms with Crippen molar-refractivity contribution in [1.82, 2.24) is 20.1 Å². The van der Waals surface area contributed by atoms with Crippen LogP contribution >= 0.6 is 34.5 Å². The summed E-state index contributed by atoms with van der Waals surface area (Å²) < 4.78 is 1.78. The van der Waals surface area contributed by atoms with E-state index in [0.717, 1.165) is 38.6 Å².